The van der Waals surface area contributed by atoms with Crippen LogP contribution in [-0.4, -0.2) is 13.0 Å². The van der Waals surface area contributed by atoms with Gasteiger partial charge in [-0.05, 0) is 36.2 Å². The standard InChI is InChI=1S/C17H16N2O2/c1-3-12-7-9-13(10-8-12)17(20)19-16-14(11-18)5-4-6-15(16)21-2/h4-10H,3H2,1-2H3,(H,19,20). The van der Waals surface area contributed by atoms with Gasteiger partial charge in [0.1, 0.15) is 17.5 Å². The molecule has 4 heteroatoms. The number of para-hydroxylation sites is 1. The Hall–Kier alpha value is -2.80. The van der Waals surface area contributed by atoms with E-state index in [1.54, 1.807) is 30.3 Å². The lowest BCUT2D eigenvalue weighted by Gasteiger charge is -2.11. The van der Waals surface area contributed by atoms with E-state index >= 15 is 0 Å². The van der Waals surface area contributed by atoms with Crippen molar-refractivity contribution in [1.29, 1.82) is 5.26 Å². The molecule has 4 nitrogen and oxygen atoms in total. The number of amides is 1. The number of hydrogen-bond acceptors (Lipinski definition) is 3. The van der Waals surface area contributed by atoms with E-state index in [0.717, 1.165) is 6.42 Å². The molecule has 1 amide bonds. The van der Waals surface area contributed by atoms with Crippen LogP contribution in [0, 0.1) is 11.3 Å². The van der Waals surface area contributed by atoms with Crippen LogP contribution in [0.4, 0.5) is 5.69 Å². The number of carbonyl (C=O) groups is 1. The first-order chi connectivity index (χ1) is 10.2. The molecule has 0 fully saturated rings. The lowest BCUT2D eigenvalue weighted by atomic mass is 10.1. The number of benzene rings is 2. The van der Waals surface area contributed by atoms with E-state index in [1.165, 1.54) is 12.7 Å². The molecule has 0 heterocycles. The highest BCUT2D eigenvalue weighted by Crippen LogP contribution is 2.28. The SMILES string of the molecule is CCc1ccc(C(=O)Nc2c(C#N)cccc2OC)cc1. The lowest BCUT2D eigenvalue weighted by Crippen LogP contribution is -2.13. The van der Waals surface area contributed by atoms with E-state index in [0.29, 0.717) is 22.6 Å². The van der Waals surface area contributed by atoms with Crippen molar-refractivity contribution in [3.8, 4) is 11.8 Å². The molecule has 0 bridgehead atoms. The normalized spacial score (nSPS) is 9.76. The minimum atomic E-state index is -0.265. The summed E-state index contributed by atoms with van der Waals surface area (Å²) in [7, 11) is 1.50. The fraction of sp³-hybridized carbons (Fsp3) is 0.176. The molecule has 0 saturated heterocycles. The monoisotopic (exact) mass is 280 g/mol. The molecule has 21 heavy (non-hydrogen) atoms. The molecule has 0 saturated carbocycles. The number of methoxy groups -OCH3 is 1. The molecule has 0 aliphatic heterocycles. The van der Waals surface area contributed by atoms with Gasteiger partial charge < -0.3 is 10.1 Å². The summed E-state index contributed by atoms with van der Waals surface area (Å²) >= 11 is 0. The molecular weight excluding hydrogens is 264 g/mol. The van der Waals surface area contributed by atoms with Crippen LogP contribution in [0.25, 0.3) is 0 Å². The summed E-state index contributed by atoms with van der Waals surface area (Å²) in [6.45, 7) is 2.06. The molecule has 106 valence electrons. The summed E-state index contributed by atoms with van der Waals surface area (Å²) < 4.78 is 5.20. The summed E-state index contributed by atoms with van der Waals surface area (Å²) in [5.41, 5.74) is 2.48. The van der Waals surface area contributed by atoms with E-state index in [1.807, 2.05) is 12.1 Å². The van der Waals surface area contributed by atoms with Gasteiger partial charge in [0.05, 0.1) is 12.7 Å². The van der Waals surface area contributed by atoms with Gasteiger partial charge in [-0.1, -0.05) is 25.1 Å². The van der Waals surface area contributed by atoms with Crippen molar-refractivity contribution in [2.24, 2.45) is 0 Å². The van der Waals surface area contributed by atoms with Gasteiger partial charge in [-0.15, -0.1) is 0 Å². The zero-order valence-electron chi connectivity index (χ0n) is 12.0. The number of nitriles is 1. The van der Waals surface area contributed by atoms with Crippen LogP contribution in [0.3, 0.4) is 0 Å². The largest absolute Gasteiger partial charge is 0.495 e. The topological polar surface area (TPSA) is 62.1 Å². The molecule has 2 aromatic rings. The highest BCUT2D eigenvalue weighted by atomic mass is 16.5. The molecular formula is C17H16N2O2. The Bertz CT molecular complexity index is 685. The van der Waals surface area contributed by atoms with Crippen molar-refractivity contribution in [3.63, 3.8) is 0 Å². The minimum Gasteiger partial charge on any atom is -0.495 e. The lowest BCUT2D eigenvalue weighted by molar-refractivity contribution is 0.102. The van der Waals surface area contributed by atoms with Crippen molar-refractivity contribution in [2.75, 3.05) is 12.4 Å². The highest BCUT2D eigenvalue weighted by Gasteiger charge is 2.13. The number of ether oxygens (including phenoxy) is 1. The summed E-state index contributed by atoms with van der Waals surface area (Å²) in [5, 5.41) is 11.9. The van der Waals surface area contributed by atoms with Crippen molar-refractivity contribution in [1.82, 2.24) is 0 Å². The second-order valence-corrected chi connectivity index (χ2v) is 4.50. The Morgan fingerprint density at radius 2 is 1.95 bits per heavy atom. The Morgan fingerprint density at radius 1 is 1.24 bits per heavy atom. The average molecular weight is 280 g/mol. The summed E-state index contributed by atoms with van der Waals surface area (Å²) in [4.78, 5) is 12.3. The average Bonchev–Trinajstić information content (AvgIpc) is 2.55. The molecule has 0 spiro atoms. The Morgan fingerprint density at radius 3 is 2.52 bits per heavy atom. The number of hydrogen-bond donors (Lipinski definition) is 1. The van der Waals surface area contributed by atoms with Crippen LogP contribution >= 0.6 is 0 Å². The van der Waals surface area contributed by atoms with Crippen molar-refractivity contribution < 1.29 is 9.53 Å². The molecule has 2 rings (SSSR count). The number of rotatable bonds is 4. The van der Waals surface area contributed by atoms with Gasteiger partial charge in [0, 0.05) is 5.56 Å². The van der Waals surface area contributed by atoms with E-state index in [4.69, 9.17) is 10.00 Å². The predicted molar refractivity (Wildman–Crippen MR) is 81.5 cm³/mol. The predicted octanol–water partition coefficient (Wildman–Crippen LogP) is 3.38. The second-order valence-electron chi connectivity index (χ2n) is 4.50. The number of carbonyl (C=O) groups excluding carboxylic acids is 1. The minimum absolute atomic E-state index is 0.265. The van der Waals surface area contributed by atoms with Gasteiger partial charge >= 0.3 is 0 Å². The summed E-state index contributed by atoms with van der Waals surface area (Å²) in [6, 6.07) is 14.5. The maximum absolute atomic E-state index is 12.3. The van der Waals surface area contributed by atoms with E-state index in [9.17, 15) is 4.79 Å². The number of aryl methyl sites for hydroxylation is 1. The first-order valence-corrected chi connectivity index (χ1v) is 6.67. The number of anilines is 1. The van der Waals surface area contributed by atoms with Gasteiger partial charge in [0.15, 0.2) is 0 Å². The zero-order valence-corrected chi connectivity index (χ0v) is 12.0. The van der Waals surface area contributed by atoms with Crippen LogP contribution in [0.2, 0.25) is 0 Å². The fourth-order valence-electron chi connectivity index (χ4n) is 2.00. The maximum Gasteiger partial charge on any atom is 0.255 e. The fourth-order valence-corrected chi connectivity index (χ4v) is 2.00. The summed E-state index contributed by atoms with van der Waals surface area (Å²) in [6.07, 6.45) is 0.924. The van der Waals surface area contributed by atoms with Crippen LogP contribution in [0.5, 0.6) is 5.75 Å². The molecule has 0 aliphatic carbocycles. The van der Waals surface area contributed by atoms with E-state index < -0.39 is 0 Å². The van der Waals surface area contributed by atoms with Crippen molar-refractivity contribution >= 4 is 11.6 Å². The van der Waals surface area contributed by atoms with Crippen molar-refractivity contribution in [3.05, 3.63) is 59.2 Å². The molecule has 0 aliphatic rings. The van der Waals surface area contributed by atoms with Crippen LogP contribution in [0.1, 0.15) is 28.4 Å². The third-order valence-corrected chi connectivity index (χ3v) is 3.23. The van der Waals surface area contributed by atoms with Gasteiger partial charge in [-0.25, -0.2) is 0 Å². The Kier molecular flexibility index (Phi) is 4.57. The number of nitrogens with one attached hydrogen (secondary N) is 1. The Balaban J connectivity index is 2.29. The zero-order chi connectivity index (χ0) is 15.2. The molecule has 1 N–H and O–H groups in total. The van der Waals surface area contributed by atoms with E-state index in [-0.39, 0.29) is 5.91 Å². The van der Waals surface area contributed by atoms with Gasteiger partial charge in [0.25, 0.3) is 5.91 Å². The second kappa shape index (κ2) is 6.58. The quantitative estimate of drug-likeness (QED) is 0.933. The first-order valence-electron chi connectivity index (χ1n) is 6.67. The maximum atomic E-state index is 12.3. The van der Waals surface area contributed by atoms with Crippen LogP contribution in [-0.2, 0) is 6.42 Å². The molecule has 2 aromatic carbocycles. The highest BCUT2D eigenvalue weighted by molar-refractivity contribution is 6.05. The first kappa shape index (κ1) is 14.6. The third kappa shape index (κ3) is 3.21. The van der Waals surface area contributed by atoms with E-state index in [2.05, 4.69) is 18.3 Å². The number of nitrogens with zero attached hydrogens (tertiary/aromatic N) is 1. The molecule has 0 aromatic heterocycles. The van der Waals surface area contributed by atoms with Crippen molar-refractivity contribution in [2.45, 2.75) is 13.3 Å². The third-order valence-electron chi connectivity index (χ3n) is 3.23. The molecule has 0 atom stereocenters. The van der Waals surface area contributed by atoms with Crippen LogP contribution in [0.15, 0.2) is 42.5 Å². The van der Waals surface area contributed by atoms with Gasteiger partial charge in [-0.3, -0.25) is 4.79 Å². The summed E-state index contributed by atoms with van der Waals surface area (Å²) in [5.74, 6) is 0.200. The van der Waals surface area contributed by atoms with Gasteiger partial charge in [0.2, 0.25) is 0 Å². The molecule has 0 radical (unpaired) electrons. The smallest absolute Gasteiger partial charge is 0.255 e. The van der Waals surface area contributed by atoms with Crippen LogP contribution < -0.4 is 10.1 Å². The Labute approximate surface area is 124 Å². The molecule has 0 unspecified atom stereocenters. The van der Waals surface area contributed by atoms with Gasteiger partial charge in [-0.2, -0.15) is 5.26 Å².